The van der Waals surface area contributed by atoms with Crippen molar-refractivity contribution in [3.63, 3.8) is 0 Å². The second-order valence-electron chi connectivity index (χ2n) is 6.68. The molecule has 3 rings (SSSR count). The molecule has 0 spiro atoms. The molecule has 152 valence electrons. The molecular weight excluding hydrogens is 370 g/mol. The average Bonchev–Trinajstić information content (AvgIpc) is 2.97. The maximum atomic E-state index is 12.5. The fraction of sp³-hybridized carbons (Fsp3) is 0.304. The molecule has 0 unspecified atom stereocenters. The summed E-state index contributed by atoms with van der Waals surface area (Å²) in [5.41, 5.74) is 3.26. The van der Waals surface area contributed by atoms with Crippen LogP contribution in [0.1, 0.15) is 35.5 Å². The van der Waals surface area contributed by atoms with Gasteiger partial charge in [-0.2, -0.15) is 0 Å². The van der Waals surface area contributed by atoms with Gasteiger partial charge in [0.2, 0.25) is 0 Å². The minimum Gasteiger partial charge on any atom is -0.482 e. The molecule has 0 aliphatic carbocycles. The average molecular weight is 395 g/mol. The zero-order chi connectivity index (χ0) is 21.0. The first-order chi connectivity index (χ1) is 13.9. The number of hydrogen-bond donors (Lipinski definition) is 0. The minimum absolute atomic E-state index is 0.207. The molecular formula is C23H25NO5. The third-order valence-electron chi connectivity index (χ3n) is 4.67. The van der Waals surface area contributed by atoms with Crippen LogP contribution in [-0.4, -0.2) is 29.7 Å². The molecule has 0 N–H and O–H groups in total. The van der Waals surface area contributed by atoms with Gasteiger partial charge in [0.25, 0.3) is 0 Å². The number of benzene rings is 2. The van der Waals surface area contributed by atoms with E-state index in [9.17, 15) is 9.59 Å². The highest BCUT2D eigenvalue weighted by Crippen LogP contribution is 2.30. The van der Waals surface area contributed by atoms with E-state index in [-0.39, 0.29) is 12.6 Å². The van der Waals surface area contributed by atoms with Crippen molar-refractivity contribution >= 4 is 22.8 Å². The lowest BCUT2D eigenvalue weighted by Gasteiger charge is -2.08. The number of fused-ring (bicyclic) bond motifs is 1. The lowest BCUT2D eigenvalue weighted by atomic mass is 10.1. The Morgan fingerprint density at radius 1 is 1.00 bits per heavy atom. The SMILES string of the molecule is CCOC(=O)c1c(C)n(CC)c2ccc(OC(=O)COc3cccc(C)c3)cc12. The van der Waals surface area contributed by atoms with Crippen molar-refractivity contribution in [3.05, 3.63) is 59.3 Å². The molecule has 0 amide bonds. The molecule has 6 heteroatoms. The van der Waals surface area contributed by atoms with E-state index in [0.29, 0.717) is 35.6 Å². The summed E-state index contributed by atoms with van der Waals surface area (Å²) in [6.45, 7) is 8.42. The Balaban J connectivity index is 1.82. The fourth-order valence-electron chi connectivity index (χ4n) is 3.40. The normalized spacial score (nSPS) is 10.8. The van der Waals surface area contributed by atoms with E-state index in [2.05, 4.69) is 0 Å². The lowest BCUT2D eigenvalue weighted by Crippen LogP contribution is -2.17. The number of rotatable bonds is 7. The third kappa shape index (κ3) is 4.42. The quantitative estimate of drug-likeness (QED) is 0.437. The number of carbonyl (C=O) groups excluding carboxylic acids is 2. The summed E-state index contributed by atoms with van der Waals surface area (Å²) in [4.78, 5) is 24.7. The minimum atomic E-state index is -0.518. The Morgan fingerprint density at radius 3 is 2.48 bits per heavy atom. The summed E-state index contributed by atoms with van der Waals surface area (Å²) in [5.74, 6) is 0.0652. The van der Waals surface area contributed by atoms with Gasteiger partial charge in [0, 0.05) is 23.1 Å². The van der Waals surface area contributed by atoms with Gasteiger partial charge in [-0.25, -0.2) is 9.59 Å². The standard InChI is InChI=1S/C23H25NO5/c1-5-24-16(4)22(23(26)27-6-2)19-13-18(10-11-20(19)24)29-21(25)14-28-17-9-7-8-15(3)12-17/h7-13H,5-6,14H2,1-4H3. The van der Waals surface area contributed by atoms with Crippen molar-refractivity contribution in [1.82, 2.24) is 4.57 Å². The lowest BCUT2D eigenvalue weighted by molar-refractivity contribution is -0.136. The zero-order valence-corrected chi connectivity index (χ0v) is 17.2. The van der Waals surface area contributed by atoms with Gasteiger partial charge in [0.1, 0.15) is 11.5 Å². The maximum absolute atomic E-state index is 12.5. The number of aromatic nitrogens is 1. The molecule has 1 heterocycles. The van der Waals surface area contributed by atoms with Gasteiger partial charge >= 0.3 is 11.9 Å². The molecule has 0 radical (unpaired) electrons. The predicted octanol–water partition coefficient (Wildman–Crippen LogP) is 4.44. The van der Waals surface area contributed by atoms with Crippen LogP contribution >= 0.6 is 0 Å². The Bertz CT molecular complexity index is 1050. The molecule has 0 saturated carbocycles. The van der Waals surface area contributed by atoms with Crippen molar-refractivity contribution < 1.29 is 23.8 Å². The van der Waals surface area contributed by atoms with Crippen molar-refractivity contribution in [3.8, 4) is 11.5 Å². The van der Waals surface area contributed by atoms with Crippen molar-refractivity contribution in [1.29, 1.82) is 0 Å². The number of hydrogen-bond acceptors (Lipinski definition) is 5. The van der Waals surface area contributed by atoms with Crippen LogP contribution in [0.2, 0.25) is 0 Å². The van der Waals surface area contributed by atoms with Gasteiger partial charge in [0.05, 0.1) is 12.2 Å². The van der Waals surface area contributed by atoms with Crippen molar-refractivity contribution in [2.45, 2.75) is 34.2 Å². The summed E-state index contributed by atoms with van der Waals surface area (Å²) in [5, 5.41) is 0.702. The van der Waals surface area contributed by atoms with E-state index in [1.807, 2.05) is 49.6 Å². The molecule has 0 atom stereocenters. The van der Waals surface area contributed by atoms with Crippen LogP contribution in [0.3, 0.4) is 0 Å². The van der Waals surface area contributed by atoms with Crippen LogP contribution in [0.4, 0.5) is 0 Å². The Morgan fingerprint density at radius 2 is 1.79 bits per heavy atom. The summed E-state index contributed by atoms with van der Waals surface area (Å²) in [6.07, 6.45) is 0. The first-order valence-electron chi connectivity index (χ1n) is 9.64. The monoisotopic (exact) mass is 395 g/mol. The van der Waals surface area contributed by atoms with Crippen LogP contribution in [0.15, 0.2) is 42.5 Å². The predicted molar refractivity (Wildman–Crippen MR) is 111 cm³/mol. The highest BCUT2D eigenvalue weighted by atomic mass is 16.6. The van der Waals surface area contributed by atoms with E-state index in [1.165, 1.54) is 0 Å². The topological polar surface area (TPSA) is 66.8 Å². The molecule has 0 fully saturated rings. The van der Waals surface area contributed by atoms with Crippen LogP contribution in [0.5, 0.6) is 11.5 Å². The highest BCUT2D eigenvalue weighted by Gasteiger charge is 2.21. The van der Waals surface area contributed by atoms with Gasteiger partial charge in [0.15, 0.2) is 6.61 Å². The van der Waals surface area contributed by atoms with Crippen molar-refractivity contribution in [2.75, 3.05) is 13.2 Å². The van der Waals surface area contributed by atoms with Gasteiger partial charge in [-0.1, -0.05) is 12.1 Å². The Hall–Kier alpha value is -3.28. The molecule has 0 bridgehead atoms. The fourth-order valence-corrected chi connectivity index (χ4v) is 3.40. The molecule has 0 aliphatic heterocycles. The number of esters is 2. The number of carbonyl (C=O) groups is 2. The maximum Gasteiger partial charge on any atom is 0.349 e. The third-order valence-corrected chi connectivity index (χ3v) is 4.67. The number of aryl methyl sites for hydroxylation is 2. The van der Waals surface area contributed by atoms with Crippen LogP contribution in [0, 0.1) is 13.8 Å². The summed E-state index contributed by atoms with van der Waals surface area (Å²) >= 11 is 0. The van der Waals surface area contributed by atoms with Crippen molar-refractivity contribution in [2.24, 2.45) is 0 Å². The second kappa shape index (κ2) is 8.82. The molecule has 6 nitrogen and oxygen atoms in total. The van der Waals surface area contributed by atoms with Crippen LogP contribution in [0.25, 0.3) is 10.9 Å². The highest BCUT2D eigenvalue weighted by molar-refractivity contribution is 6.06. The van der Waals surface area contributed by atoms with Gasteiger partial charge < -0.3 is 18.8 Å². The van der Waals surface area contributed by atoms with Gasteiger partial charge in [-0.05, 0) is 63.6 Å². The van der Waals surface area contributed by atoms with E-state index in [4.69, 9.17) is 14.2 Å². The molecule has 29 heavy (non-hydrogen) atoms. The van der Waals surface area contributed by atoms with E-state index in [1.54, 1.807) is 25.1 Å². The van der Waals surface area contributed by atoms with Gasteiger partial charge in [-0.15, -0.1) is 0 Å². The number of ether oxygens (including phenoxy) is 3. The first kappa shape index (κ1) is 20.5. The summed E-state index contributed by atoms with van der Waals surface area (Å²) < 4.78 is 18.2. The second-order valence-corrected chi connectivity index (χ2v) is 6.68. The molecule has 2 aromatic carbocycles. The molecule has 3 aromatic rings. The van der Waals surface area contributed by atoms with E-state index in [0.717, 1.165) is 16.8 Å². The summed E-state index contributed by atoms with van der Waals surface area (Å²) in [6, 6.07) is 12.7. The smallest absolute Gasteiger partial charge is 0.349 e. The van der Waals surface area contributed by atoms with Crippen LogP contribution in [-0.2, 0) is 16.1 Å². The van der Waals surface area contributed by atoms with Crippen LogP contribution < -0.4 is 9.47 Å². The summed E-state index contributed by atoms with van der Waals surface area (Å²) in [7, 11) is 0. The first-order valence-corrected chi connectivity index (χ1v) is 9.64. The zero-order valence-electron chi connectivity index (χ0n) is 17.2. The van der Waals surface area contributed by atoms with E-state index >= 15 is 0 Å². The number of nitrogens with zero attached hydrogens (tertiary/aromatic N) is 1. The van der Waals surface area contributed by atoms with Gasteiger partial charge in [-0.3, -0.25) is 0 Å². The van der Waals surface area contributed by atoms with E-state index < -0.39 is 5.97 Å². The largest absolute Gasteiger partial charge is 0.482 e. The molecule has 1 aromatic heterocycles. The molecule has 0 aliphatic rings. The Kier molecular flexibility index (Phi) is 6.22. The Labute approximate surface area is 170 Å². The molecule has 0 saturated heterocycles.